The molecule has 0 fully saturated rings. The van der Waals surface area contributed by atoms with Gasteiger partial charge in [0.25, 0.3) is 0 Å². The second-order valence-corrected chi connectivity index (χ2v) is 7.03. The molecular formula is C23H29N2O+. The lowest BCUT2D eigenvalue weighted by molar-refractivity contribution is -0.671. The minimum atomic E-state index is 0.430. The van der Waals surface area contributed by atoms with Crippen LogP contribution in [0.5, 0.6) is 0 Å². The van der Waals surface area contributed by atoms with E-state index >= 15 is 0 Å². The average molecular weight is 349 g/mol. The number of hydrogen-bond acceptors (Lipinski definition) is 2. The maximum Gasteiger partial charge on any atom is 0.107 e. The highest BCUT2D eigenvalue weighted by atomic mass is 16.3. The lowest BCUT2D eigenvalue weighted by Crippen LogP contribution is -2.82. The lowest BCUT2D eigenvalue weighted by Gasteiger charge is -2.14. The van der Waals surface area contributed by atoms with E-state index in [0.717, 1.165) is 31.7 Å². The SMILES string of the molecule is CN(C)c1ccc(C[NH2+]CC[C@@H](Cc2ccccc2)c2ccco2)cc1. The van der Waals surface area contributed by atoms with Gasteiger partial charge in [-0.2, -0.15) is 0 Å². The number of hydrogen-bond donors (Lipinski definition) is 1. The maximum atomic E-state index is 5.70. The predicted molar refractivity (Wildman–Crippen MR) is 107 cm³/mol. The van der Waals surface area contributed by atoms with Crippen molar-refractivity contribution in [2.75, 3.05) is 25.5 Å². The molecule has 26 heavy (non-hydrogen) atoms. The first-order valence-corrected chi connectivity index (χ1v) is 9.37. The summed E-state index contributed by atoms with van der Waals surface area (Å²) in [7, 11) is 4.14. The molecule has 2 aromatic carbocycles. The second kappa shape index (κ2) is 9.25. The van der Waals surface area contributed by atoms with Crippen LogP contribution < -0.4 is 10.2 Å². The first-order chi connectivity index (χ1) is 12.7. The number of furan rings is 1. The van der Waals surface area contributed by atoms with Crippen LogP contribution in [-0.4, -0.2) is 20.6 Å². The molecule has 3 nitrogen and oxygen atoms in total. The zero-order valence-corrected chi connectivity index (χ0v) is 15.8. The number of rotatable bonds is 9. The molecule has 0 aliphatic heterocycles. The molecular weight excluding hydrogens is 320 g/mol. The zero-order valence-electron chi connectivity index (χ0n) is 15.8. The smallest absolute Gasteiger partial charge is 0.107 e. The molecule has 0 unspecified atom stereocenters. The van der Waals surface area contributed by atoms with Crippen molar-refractivity contribution in [1.82, 2.24) is 0 Å². The van der Waals surface area contributed by atoms with Gasteiger partial charge >= 0.3 is 0 Å². The third-order valence-electron chi connectivity index (χ3n) is 4.82. The van der Waals surface area contributed by atoms with E-state index in [0.29, 0.717) is 5.92 Å². The van der Waals surface area contributed by atoms with Gasteiger partial charge in [0, 0.05) is 37.7 Å². The maximum absolute atomic E-state index is 5.70. The molecule has 0 radical (unpaired) electrons. The van der Waals surface area contributed by atoms with Crippen molar-refractivity contribution in [3.05, 3.63) is 89.9 Å². The Hall–Kier alpha value is -2.52. The highest BCUT2D eigenvalue weighted by molar-refractivity contribution is 5.45. The molecule has 0 aliphatic rings. The molecule has 0 aliphatic carbocycles. The van der Waals surface area contributed by atoms with Crippen molar-refractivity contribution in [2.24, 2.45) is 0 Å². The van der Waals surface area contributed by atoms with Crippen LogP contribution in [-0.2, 0) is 13.0 Å². The molecule has 0 spiro atoms. The molecule has 0 saturated heterocycles. The number of anilines is 1. The highest BCUT2D eigenvalue weighted by Crippen LogP contribution is 2.24. The third kappa shape index (κ3) is 5.24. The van der Waals surface area contributed by atoms with Gasteiger partial charge in [0.15, 0.2) is 0 Å². The van der Waals surface area contributed by atoms with Crippen LogP contribution in [0.3, 0.4) is 0 Å². The average Bonchev–Trinajstić information content (AvgIpc) is 3.20. The normalized spacial score (nSPS) is 12.1. The van der Waals surface area contributed by atoms with Crippen molar-refractivity contribution in [1.29, 1.82) is 0 Å². The number of benzene rings is 2. The minimum Gasteiger partial charge on any atom is -0.469 e. The van der Waals surface area contributed by atoms with Crippen LogP contribution in [0.2, 0.25) is 0 Å². The van der Waals surface area contributed by atoms with Crippen LogP contribution in [0.4, 0.5) is 5.69 Å². The van der Waals surface area contributed by atoms with E-state index in [1.807, 2.05) is 6.07 Å². The molecule has 136 valence electrons. The van der Waals surface area contributed by atoms with Gasteiger partial charge in [0.1, 0.15) is 12.3 Å². The van der Waals surface area contributed by atoms with Gasteiger partial charge in [-0.25, -0.2) is 0 Å². The molecule has 3 aromatic rings. The summed E-state index contributed by atoms with van der Waals surface area (Å²) < 4.78 is 5.70. The van der Waals surface area contributed by atoms with Gasteiger partial charge in [0.05, 0.1) is 12.8 Å². The first-order valence-electron chi connectivity index (χ1n) is 9.37. The van der Waals surface area contributed by atoms with E-state index in [2.05, 4.69) is 85.0 Å². The molecule has 0 saturated carbocycles. The molecule has 3 rings (SSSR count). The first kappa shape index (κ1) is 18.3. The molecule has 0 bridgehead atoms. The summed E-state index contributed by atoms with van der Waals surface area (Å²) in [5, 5.41) is 2.39. The molecule has 1 heterocycles. The second-order valence-electron chi connectivity index (χ2n) is 7.03. The fraction of sp³-hybridized carbons (Fsp3) is 0.304. The fourth-order valence-corrected chi connectivity index (χ4v) is 3.29. The van der Waals surface area contributed by atoms with Gasteiger partial charge in [-0.1, -0.05) is 42.5 Å². The van der Waals surface area contributed by atoms with E-state index in [1.54, 1.807) is 6.26 Å². The van der Waals surface area contributed by atoms with Crippen LogP contribution >= 0.6 is 0 Å². The molecule has 2 N–H and O–H groups in total. The van der Waals surface area contributed by atoms with Gasteiger partial charge in [-0.05, 0) is 36.2 Å². The minimum absolute atomic E-state index is 0.430. The standard InChI is InChI=1S/C23H28N2O/c1-25(2)22-12-10-20(11-13-22)18-24-15-14-21(23-9-6-16-26-23)17-19-7-4-3-5-8-19/h3-13,16,21,24H,14-15,17-18H2,1-2H3/p+1/t21-/m0/s1. The Morgan fingerprint density at radius 1 is 0.885 bits per heavy atom. The summed E-state index contributed by atoms with van der Waals surface area (Å²) in [4.78, 5) is 2.13. The van der Waals surface area contributed by atoms with Crippen molar-refractivity contribution in [2.45, 2.75) is 25.3 Å². The Labute approximate surface area is 156 Å². The molecule has 3 heteroatoms. The van der Waals surface area contributed by atoms with Crippen LogP contribution in [0.15, 0.2) is 77.4 Å². The number of nitrogens with zero attached hydrogens (tertiary/aromatic N) is 1. The summed E-state index contributed by atoms with van der Waals surface area (Å²) in [6, 6.07) is 23.6. The van der Waals surface area contributed by atoms with E-state index in [1.165, 1.54) is 16.8 Å². The molecule has 0 amide bonds. The zero-order chi connectivity index (χ0) is 18.2. The number of nitrogens with two attached hydrogens (primary N) is 1. The van der Waals surface area contributed by atoms with E-state index in [-0.39, 0.29) is 0 Å². The van der Waals surface area contributed by atoms with E-state index < -0.39 is 0 Å². The van der Waals surface area contributed by atoms with Gasteiger partial charge in [-0.15, -0.1) is 0 Å². The summed E-state index contributed by atoms with van der Waals surface area (Å²) >= 11 is 0. The van der Waals surface area contributed by atoms with Crippen LogP contribution in [0.1, 0.15) is 29.2 Å². The van der Waals surface area contributed by atoms with E-state index in [4.69, 9.17) is 4.42 Å². The van der Waals surface area contributed by atoms with Gasteiger partial charge in [0.2, 0.25) is 0 Å². The van der Waals surface area contributed by atoms with Crippen LogP contribution in [0, 0.1) is 0 Å². The molecule has 1 aromatic heterocycles. The largest absolute Gasteiger partial charge is 0.469 e. The van der Waals surface area contributed by atoms with Crippen molar-refractivity contribution in [3.63, 3.8) is 0 Å². The van der Waals surface area contributed by atoms with Gasteiger partial charge < -0.3 is 14.6 Å². The van der Waals surface area contributed by atoms with Crippen molar-refractivity contribution >= 4 is 5.69 Å². The summed E-state index contributed by atoms with van der Waals surface area (Å²) in [6.45, 7) is 2.11. The fourth-order valence-electron chi connectivity index (χ4n) is 3.29. The Morgan fingerprint density at radius 3 is 2.31 bits per heavy atom. The summed E-state index contributed by atoms with van der Waals surface area (Å²) in [6.07, 6.45) is 3.92. The summed E-state index contributed by atoms with van der Waals surface area (Å²) in [5.74, 6) is 1.53. The van der Waals surface area contributed by atoms with Gasteiger partial charge in [-0.3, -0.25) is 0 Å². The molecule has 1 atom stereocenters. The topological polar surface area (TPSA) is 33.0 Å². The van der Waals surface area contributed by atoms with Crippen molar-refractivity contribution < 1.29 is 9.73 Å². The Kier molecular flexibility index (Phi) is 6.50. The Morgan fingerprint density at radius 2 is 1.65 bits per heavy atom. The predicted octanol–water partition coefficient (Wildman–Crippen LogP) is 3.83. The number of quaternary nitrogens is 1. The third-order valence-corrected chi connectivity index (χ3v) is 4.82. The Bertz CT molecular complexity index is 749. The van der Waals surface area contributed by atoms with Crippen LogP contribution in [0.25, 0.3) is 0 Å². The van der Waals surface area contributed by atoms with Crippen molar-refractivity contribution in [3.8, 4) is 0 Å². The Balaban J connectivity index is 1.51. The quantitative estimate of drug-likeness (QED) is 0.596. The summed E-state index contributed by atoms with van der Waals surface area (Å²) in [5.41, 5.74) is 3.98. The monoisotopic (exact) mass is 349 g/mol. The van der Waals surface area contributed by atoms with E-state index in [9.17, 15) is 0 Å². The highest BCUT2D eigenvalue weighted by Gasteiger charge is 2.16. The lowest BCUT2D eigenvalue weighted by atomic mass is 9.94.